The zero-order chi connectivity index (χ0) is 18.4. The lowest BCUT2D eigenvalue weighted by Crippen LogP contribution is -2.58. The van der Waals surface area contributed by atoms with Crippen LogP contribution in [0.3, 0.4) is 0 Å². The van der Waals surface area contributed by atoms with Gasteiger partial charge in [-0.25, -0.2) is 0 Å². The van der Waals surface area contributed by atoms with Gasteiger partial charge in [0, 0.05) is 31.7 Å². The summed E-state index contributed by atoms with van der Waals surface area (Å²) in [6.07, 6.45) is 18.6. The third kappa shape index (κ3) is 10.6. The summed E-state index contributed by atoms with van der Waals surface area (Å²) in [5, 5.41) is 3.57. The number of piperazine rings is 1. The van der Waals surface area contributed by atoms with Crippen molar-refractivity contribution in [1.82, 2.24) is 10.2 Å². The summed E-state index contributed by atoms with van der Waals surface area (Å²) < 4.78 is 0. The molecule has 0 amide bonds. The zero-order valence-electron chi connectivity index (χ0n) is 18.0. The maximum Gasteiger partial charge on any atom is 0.0278 e. The molecule has 1 atom stereocenters. The molecule has 2 heteroatoms. The highest BCUT2D eigenvalue weighted by Gasteiger charge is 2.30. The molecule has 2 nitrogen and oxygen atoms in total. The third-order valence-corrected chi connectivity index (χ3v) is 6.13. The molecule has 0 aliphatic carbocycles. The van der Waals surface area contributed by atoms with Crippen LogP contribution in [-0.2, 0) is 0 Å². The molecule has 0 bridgehead atoms. The van der Waals surface area contributed by atoms with E-state index in [1.807, 2.05) is 0 Å². The summed E-state index contributed by atoms with van der Waals surface area (Å²) in [6.45, 7) is 14.3. The van der Waals surface area contributed by atoms with Crippen molar-refractivity contribution in [2.24, 2.45) is 5.92 Å². The second-order valence-corrected chi connectivity index (χ2v) is 9.06. The Bertz CT molecular complexity index is 300. The lowest BCUT2D eigenvalue weighted by molar-refractivity contribution is 0.0681. The molecule has 1 aliphatic rings. The summed E-state index contributed by atoms with van der Waals surface area (Å²) in [4.78, 5) is 2.78. The van der Waals surface area contributed by atoms with Crippen molar-refractivity contribution in [1.29, 1.82) is 0 Å². The first-order chi connectivity index (χ1) is 12.1. The van der Waals surface area contributed by atoms with Crippen molar-refractivity contribution < 1.29 is 0 Å². The molecule has 0 aromatic rings. The average molecular weight is 353 g/mol. The van der Waals surface area contributed by atoms with Crippen molar-refractivity contribution in [2.45, 2.75) is 117 Å². The molecule has 0 aromatic heterocycles. The average Bonchev–Trinajstić information content (AvgIpc) is 2.59. The zero-order valence-corrected chi connectivity index (χ0v) is 18.0. The standard InChI is InChI=1S/C23H48N2/c1-5-7-9-11-13-15-17-22(16-14-12-10-8-6-2)20-25-19-18-24-21-23(25,3)4/h22,24H,5-21H2,1-4H3. The number of rotatable bonds is 15. The third-order valence-electron chi connectivity index (χ3n) is 6.13. The maximum absolute atomic E-state index is 3.57. The Morgan fingerprint density at radius 2 is 1.32 bits per heavy atom. The van der Waals surface area contributed by atoms with Crippen molar-refractivity contribution >= 4 is 0 Å². The number of hydrogen-bond donors (Lipinski definition) is 1. The fraction of sp³-hybridized carbons (Fsp3) is 1.00. The van der Waals surface area contributed by atoms with Crippen LogP contribution < -0.4 is 5.32 Å². The molecule has 25 heavy (non-hydrogen) atoms. The normalized spacial score (nSPS) is 19.2. The number of unbranched alkanes of at least 4 members (excludes halogenated alkanes) is 9. The van der Waals surface area contributed by atoms with Gasteiger partial charge in [-0.15, -0.1) is 0 Å². The van der Waals surface area contributed by atoms with Gasteiger partial charge in [0.05, 0.1) is 0 Å². The monoisotopic (exact) mass is 352 g/mol. The molecule has 0 spiro atoms. The van der Waals surface area contributed by atoms with E-state index < -0.39 is 0 Å². The molecule has 1 N–H and O–H groups in total. The molecule has 1 heterocycles. The predicted molar refractivity (Wildman–Crippen MR) is 113 cm³/mol. The van der Waals surface area contributed by atoms with Crippen LogP contribution in [0.4, 0.5) is 0 Å². The minimum absolute atomic E-state index is 0.333. The number of nitrogens with zero attached hydrogens (tertiary/aromatic N) is 1. The van der Waals surface area contributed by atoms with Crippen LogP contribution in [0.2, 0.25) is 0 Å². The van der Waals surface area contributed by atoms with Crippen LogP contribution in [-0.4, -0.2) is 36.6 Å². The summed E-state index contributed by atoms with van der Waals surface area (Å²) in [5.41, 5.74) is 0.333. The molecule has 1 rings (SSSR count). The molecule has 0 radical (unpaired) electrons. The summed E-state index contributed by atoms with van der Waals surface area (Å²) in [5.74, 6) is 0.921. The molecular weight excluding hydrogens is 304 g/mol. The maximum atomic E-state index is 3.57. The van der Waals surface area contributed by atoms with Crippen molar-refractivity contribution in [2.75, 3.05) is 26.2 Å². The van der Waals surface area contributed by atoms with Gasteiger partial charge in [0.1, 0.15) is 0 Å². The van der Waals surface area contributed by atoms with Crippen molar-refractivity contribution in [3.8, 4) is 0 Å². The van der Waals surface area contributed by atoms with Gasteiger partial charge in [0.25, 0.3) is 0 Å². The fourth-order valence-electron chi connectivity index (χ4n) is 4.25. The minimum atomic E-state index is 0.333. The summed E-state index contributed by atoms with van der Waals surface area (Å²) in [6, 6.07) is 0. The Morgan fingerprint density at radius 3 is 1.84 bits per heavy atom. The van der Waals surface area contributed by atoms with Gasteiger partial charge >= 0.3 is 0 Å². The van der Waals surface area contributed by atoms with E-state index in [0.717, 1.165) is 12.5 Å². The minimum Gasteiger partial charge on any atom is -0.314 e. The van der Waals surface area contributed by atoms with Gasteiger partial charge in [-0.05, 0) is 32.6 Å². The second-order valence-electron chi connectivity index (χ2n) is 9.06. The molecule has 1 saturated heterocycles. The van der Waals surface area contributed by atoms with Crippen LogP contribution in [0.1, 0.15) is 111 Å². The smallest absolute Gasteiger partial charge is 0.0278 e. The highest BCUT2D eigenvalue weighted by Crippen LogP contribution is 2.24. The van der Waals surface area contributed by atoms with Crippen molar-refractivity contribution in [3.63, 3.8) is 0 Å². The van der Waals surface area contributed by atoms with Crippen LogP contribution >= 0.6 is 0 Å². The van der Waals surface area contributed by atoms with Crippen LogP contribution in [0.5, 0.6) is 0 Å². The van der Waals surface area contributed by atoms with Crippen molar-refractivity contribution in [3.05, 3.63) is 0 Å². The van der Waals surface area contributed by atoms with Gasteiger partial charge in [-0.3, -0.25) is 4.90 Å². The Balaban J connectivity index is 2.35. The largest absolute Gasteiger partial charge is 0.314 e. The van der Waals surface area contributed by atoms with Gasteiger partial charge in [0.15, 0.2) is 0 Å². The van der Waals surface area contributed by atoms with E-state index in [9.17, 15) is 0 Å². The Morgan fingerprint density at radius 1 is 0.800 bits per heavy atom. The number of hydrogen-bond acceptors (Lipinski definition) is 2. The van der Waals surface area contributed by atoms with E-state index in [1.54, 1.807) is 0 Å². The molecule has 1 unspecified atom stereocenters. The summed E-state index contributed by atoms with van der Waals surface area (Å²) in [7, 11) is 0. The first-order valence-corrected chi connectivity index (χ1v) is 11.6. The second kappa shape index (κ2) is 14.0. The van der Waals surface area contributed by atoms with Gasteiger partial charge < -0.3 is 5.32 Å². The fourth-order valence-corrected chi connectivity index (χ4v) is 4.25. The highest BCUT2D eigenvalue weighted by molar-refractivity contribution is 4.89. The first kappa shape index (κ1) is 23.0. The molecule has 150 valence electrons. The quantitative estimate of drug-likeness (QED) is 0.343. The van der Waals surface area contributed by atoms with Gasteiger partial charge in [-0.1, -0.05) is 84.5 Å². The van der Waals surface area contributed by atoms with Gasteiger partial charge in [0.2, 0.25) is 0 Å². The van der Waals surface area contributed by atoms with E-state index in [-0.39, 0.29) is 0 Å². The topological polar surface area (TPSA) is 15.3 Å². The highest BCUT2D eigenvalue weighted by atomic mass is 15.2. The molecular formula is C23H48N2. The molecule has 1 fully saturated rings. The Labute approximate surface area is 159 Å². The van der Waals surface area contributed by atoms with E-state index in [2.05, 4.69) is 37.9 Å². The lowest BCUT2D eigenvalue weighted by Gasteiger charge is -2.44. The van der Waals surface area contributed by atoms with Crippen LogP contribution in [0, 0.1) is 5.92 Å². The molecule has 0 aromatic carbocycles. The first-order valence-electron chi connectivity index (χ1n) is 11.6. The Kier molecular flexibility index (Phi) is 12.9. The summed E-state index contributed by atoms with van der Waals surface area (Å²) >= 11 is 0. The van der Waals surface area contributed by atoms with Crippen LogP contribution in [0.15, 0.2) is 0 Å². The van der Waals surface area contributed by atoms with E-state index in [1.165, 1.54) is 103 Å². The number of nitrogens with one attached hydrogen (secondary N) is 1. The van der Waals surface area contributed by atoms with Crippen LogP contribution in [0.25, 0.3) is 0 Å². The van der Waals surface area contributed by atoms with Gasteiger partial charge in [-0.2, -0.15) is 0 Å². The predicted octanol–water partition coefficient (Wildman–Crippen LogP) is 6.40. The van der Waals surface area contributed by atoms with E-state index in [4.69, 9.17) is 0 Å². The molecule has 1 aliphatic heterocycles. The van der Waals surface area contributed by atoms with E-state index in [0.29, 0.717) is 5.54 Å². The lowest BCUT2D eigenvalue weighted by atomic mass is 9.91. The SMILES string of the molecule is CCCCCCCCC(CCCCCCC)CN1CCNCC1(C)C. The molecule has 0 saturated carbocycles. The van der Waals surface area contributed by atoms with E-state index >= 15 is 0 Å². The Hall–Kier alpha value is -0.0800.